The van der Waals surface area contributed by atoms with Crippen molar-refractivity contribution in [1.82, 2.24) is 34.7 Å². The quantitative estimate of drug-likeness (QED) is 0.331. The van der Waals surface area contributed by atoms with Crippen LogP contribution in [-0.2, 0) is 12.7 Å². The van der Waals surface area contributed by atoms with Crippen molar-refractivity contribution in [2.45, 2.75) is 12.7 Å². The second-order valence-electron chi connectivity index (χ2n) is 8.72. The molecule has 0 atom stereocenters. The molecule has 0 aliphatic carbocycles. The van der Waals surface area contributed by atoms with Crippen LogP contribution >= 0.6 is 0 Å². The summed E-state index contributed by atoms with van der Waals surface area (Å²) in [7, 11) is 3.51. The second-order valence-corrected chi connectivity index (χ2v) is 8.72. The highest BCUT2D eigenvalue weighted by atomic mass is 19.4. The Hall–Kier alpha value is -5.03. The molecule has 5 aromatic rings. The Morgan fingerprint density at radius 3 is 2.67 bits per heavy atom. The average molecular weight is 535 g/mol. The Kier molecular flexibility index (Phi) is 6.59. The van der Waals surface area contributed by atoms with Crippen LogP contribution in [0.5, 0.6) is 0 Å². The lowest BCUT2D eigenvalue weighted by atomic mass is 10.0. The van der Waals surface area contributed by atoms with E-state index >= 15 is 0 Å². The van der Waals surface area contributed by atoms with Gasteiger partial charge in [0.15, 0.2) is 5.82 Å². The number of aromatic nitrogens is 6. The van der Waals surface area contributed by atoms with Gasteiger partial charge in [-0.1, -0.05) is 12.1 Å². The molecule has 0 unspecified atom stereocenters. The Morgan fingerprint density at radius 1 is 1.21 bits per heavy atom. The number of para-hydroxylation sites is 1. The number of fused-ring (bicyclic) bond motifs is 1. The first kappa shape index (κ1) is 25.6. The first-order valence-corrected chi connectivity index (χ1v) is 11.5. The van der Waals surface area contributed by atoms with Gasteiger partial charge in [-0.25, -0.2) is 4.98 Å². The lowest BCUT2D eigenvalue weighted by Crippen LogP contribution is -2.25. The third-order valence-electron chi connectivity index (χ3n) is 5.80. The summed E-state index contributed by atoms with van der Waals surface area (Å²) in [5, 5.41) is 24.7. The smallest absolute Gasteiger partial charge is 0.420 e. The maximum Gasteiger partial charge on any atom is 0.420 e. The zero-order valence-corrected chi connectivity index (χ0v) is 20.6. The SMILES string of the molecule is CN(C)CCn1nc(-c2cccc3ccoc23)c(C(F)(F)F)c1C(=O)Nc1cnc(-n2nccn2)c(C#N)c1. The van der Waals surface area contributed by atoms with Crippen molar-refractivity contribution < 1.29 is 22.4 Å². The Bertz CT molecular complexity index is 1700. The molecule has 0 radical (unpaired) electrons. The van der Waals surface area contributed by atoms with Crippen LogP contribution in [0.2, 0.25) is 0 Å². The molecule has 5 rings (SSSR count). The van der Waals surface area contributed by atoms with Crippen LogP contribution in [0.1, 0.15) is 21.6 Å². The van der Waals surface area contributed by atoms with E-state index in [1.54, 1.807) is 37.2 Å². The van der Waals surface area contributed by atoms with Crippen molar-refractivity contribution in [3.63, 3.8) is 0 Å². The van der Waals surface area contributed by atoms with Gasteiger partial charge < -0.3 is 14.6 Å². The van der Waals surface area contributed by atoms with Crippen LogP contribution in [0, 0.1) is 11.3 Å². The number of pyridine rings is 1. The largest absolute Gasteiger partial charge is 0.464 e. The summed E-state index contributed by atoms with van der Waals surface area (Å²) >= 11 is 0. The number of hydrogen-bond donors (Lipinski definition) is 1. The molecule has 39 heavy (non-hydrogen) atoms. The molecule has 1 aromatic carbocycles. The van der Waals surface area contributed by atoms with Gasteiger partial charge in [-0.15, -0.1) is 4.80 Å². The summed E-state index contributed by atoms with van der Waals surface area (Å²) in [6.45, 7) is 0.313. The van der Waals surface area contributed by atoms with Crippen LogP contribution in [0.4, 0.5) is 18.9 Å². The normalized spacial score (nSPS) is 11.7. The highest BCUT2D eigenvalue weighted by Crippen LogP contribution is 2.41. The van der Waals surface area contributed by atoms with Gasteiger partial charge in [-0.2, -0.15) is 33.7 Å². The molecule has 198 valence electrons. The number of rotatable bonds is 7. The summed E-state index contributed by atoms with van der Waals surface area (Å²) in [6, 6.07) is 9.60. The number of carbonyl (C=O) groups excluding carboxylic acids is 1. The number of amides is 1. The first-order valence-electron chi connectivity index (χ1n) is 11.5. The van der Waals surface area contributed by atoms with Crippen molar-refractivity contribution >= 4 is 22.6 Å². The molecule has 0 saturated heterocycles. The Labute approximate surface area is 219 Å². The van der Waals surface area contributed by atoms with Crippen molar-refractivity contribution in [1.29, 1.82) is 5.26 Å². The van der Waals surface area contributed by atoms with E-state index < -0.39 is 29.0 Å². The van der Waals surface area contributed by atoms with E-state index in [1.165, 1.54) is 37.0 Å². The number of likely N-dealkylation sites (N-methyl/N-ethyl adjacent to an activating group) is 1. The van der Waals surface area contributed by atoms with E-state index in [4.69, 9.17) is 4.42 Å². The first-order chi connectivity index (χ1) is 18.7. The van der Waals surface area contributed by atoms with Crippen molar-refractivity contribution in [2.24, 2.45) is 0 Å². The third-order valence-corrected chi connectivity index (χ3v) is 5.80. The summed E-state index contributed by atoms with van der Waals surface area (Å²) in [5.41, 5.74) is -1.97. The Balaban J connectivity index is 1.62. The van der Waals surface area contributed by atoms with E-state index in [-0.39, 0.29) is 34.8 Å². The predicted molar refractivity (Wildman–Crippen MR) is 133 cm³/mol. The second kappa shape index (κ2) is 10.0. The molecule has 1 amide bonds. The van der Waals surface area contributed by atoms with Crippen LogP contribution in [0.25, 0.3) is 28.0 Å². The van der Waals surface area contributed by atoms with Gasteiger partial charge in [0.05, 0.1) is 37.1 Å². The predicted octanol–water partition coefficient (Wildman–Crippen LogP) is 3.98. The summed E-state index contributed by atoms with van der Waals surface area (Å²) < 4.78 is 50.3. The summed E-state index contributed by atoms with van der Waals surface area (Å²) in [5.74, 6) is -0.969. The fourth-order valence-corrected chi connectivity index (χ4v) is 4.07. The number of nitriles is 1. The van der Waals surface area contributed by atoms with Crippen molar-refractivity contribution in [2.75, 3.05) is 26.0 Å². The van der Waals surface area contributed by atoms with Gasteiger partial charge in [-0.3, -0.25) is 9.48 Å². The highest BCUT2D eigenvalue weighted by Gasteiger charge is 2.43. The van der Waals surface area contributed by atoms with Gasteiger partial charge in [0.25, 0.3) is 5.91 Å². The fourth-order valence-electron chi connectivity index (χ4n) is 4.07. The molecule has 0 aliphatic rings. The molecule has 1 N–H and O–H groups in total. The molecule has 0 spiro atoms. The molecule has 0 fully saturated rings. The summed E-state index contributed by atoms with van der Waals surface area (Å²) in [6.07, 6.45) is 0.439. The maximum absolute atomic E-state index is 14.6. The lowest BCUT2D eigenvalue weighted by molar-refractivity contribution is -0.137. The van der Waals surface area contributed by atoms with E-state index in [0.29, 0.717) is 11.9 Å². The number of alkyl halides is 3. The number of furan rings is 1. The number of carbonyl (C=O) groups is 1. The van der Waals surface area contributed by atoms with E-state index in [1.807, 2.05) is 6.07 Å². The van der Waals surface area contributed by atoms with Crippen LogP contribution < -0.4 is 5.32 Å². The zero-order chi connectivity index (χ0) is 27.7. The topological polar surface area (TPSA) is 131 Å². The number of benzene rings is 1. The number of anilines is 1. The number of hydrogen-bond acceptors (Lipinski definition) is 8. The molecule has 11 nitrogen and oxygen atoms in total. The minimum absolute atomic E-state index is 0.00142. The van der Waals surface area contributed by atoms with Crippen molar-refractivity contribution in [3.05, 3.63) is 72.0 Å². The lowest BCUT2D eigenvalue weighted by Gasteiger charge is -2.14. The number of nitrogens with one attached hydrogen (secondary N) is 1. The molecular formula is C25H20F3N9O2. The molecule has 0 aliphatic heterocycles. The van der Waals surface area contributed by atoms with Gasteiger partial charge in [0.1, 0.15) is 34.2 Å². The monoisotopic (exact) mass is 535 g/mol. The molecular weight excluding hydrogens is 515 g/mol. The minimum Gasteiger partial charge on any atom is -0.464 e. The van der Waals surface area contributed by atoms with Gasteiger partial charge in [0.2, 0.25) is 0 Å². The summed E-state index contributed by atoms with van der Waals surface area (Å²) in [4.78, 5) is 20.5. The van der Waals surface area contributed by atoms with Crippen LogP contribution in [0.3, 0.4) is 0 Å². The standard InChI is InChI=1S/C25H20F3N9O2/c1-35(2)9-10-36-21(24(38)33-17-12-16(13-29)23(30-14-17)37-31-7-8-32-37)19(25(26,27)28)20(34-36)18-5-3-4-15-6-11-39-22(15)18/h3-8,11-12,14H,9-10H2,1-2H3,(H,33,38). The molecule has 14 heteroatoms. The average Bonchev–Trinajstić information content (AvgIpc) is 3.66. The zero-order valence-electron chi connectivity index (χ0n) is 20.6. The number of nitrogens with zero attached hydrogens (tertiary/aromatic N) is 8. The molecule has 0 bridgehead atoms. The van der Waals surface area contributed by atoms with Crippen LogP contribution in [0.15, 0.2) is 59.6 Å². The number of halogens is 3. The maximum atomic E-state index is 14.6. The molecule has 0 saturated carbocycles. The van der Waals surface area contributed by atoms with Crippen LogP contribution in [-0.4, -0.2) is 61.2 Å². The molecule has 4 aromatic heterocycles. The van der Waals surface area contributed by atoms with Gasteiger partial charge in [-0.05, 0) is 32.3 Å². The van der Waals surface area contributed by atoms with E-state index in [9.17, 15) is 23.2 Å². The third kappa shape index (κ3) is 4.94. The van der Waals surface area contributed by atoms with E-state index in [0.717, 1.165) is 9.48 Å². The van der Waals surface area contributed by atoms with Gasteiger partial charge >= 0.3 is 6.18 Å². The molecule has 4 heterocycles. The fraction of sp³-hybridized carbons (Fsp3) is 0.200. The minimum atomic E-state index is -4.93. The van der Waals surface area contributed by atoms with E-state index in [2.05, 4.69) is 25.6 Å². The Morgan fingerprint density at radius 2 is 1.97 bits per heavy atom. The van der Waals surface area contributed by atoms with Gasteiger partial charge in [0, 0.05) is 17.5 Å². The highest BCUT2D eigenvalue weighted by molar-refractivity contribution is 6.06. The van der Waals surface area contributed by atoms with Crippen molar-refractivity contribution in [3.8, 4) is 23.1 Å².